The third-order valence-corrected chi connectivity index (χ3v) is 3.72. The van der Waals surface area contributed by atoms with Crippen molar-refractivity contribution in [3.05, 3.63) is 65.7 Å². The first-order valence-electron chi connectivity index (χ1n) is 7.44. The summed E-state index contributed by atoms with van der Waals surface area (Å²) >= 11 is 0. The van der Waals surface area contributed by atoms with Crippen LogP contribution in [-0.4, -0.2) is 12.6 Å². The largest absolute Gasteiger partial charge is 0.462 e. The van der Waals surface area contributed by atoms with Crippen LogP contribution in [0.5, 0.6) is 0 Å². The number of carbonyl (C=O) groups excluding carboxylic acids is 1. The fourth-order valence-corrected chi connectivity index (χ4v) is 2.69. The Labute approximate surface area is 134 Å². The van der Waals surface area contributed by atoms with Crippen LogP contribution in [0, 0.1) is 11.3 Å². The fourth-order valence-electron chi connectivity index (χ4n) is 2.69. The second-order valence-electron chi connectivity index (χ2n) is 5.12. The van der Waals surface area contributed by atoms with Crippen LogP contribution >= 0.6 is 0 Å². The highest BCUT2D eigenvalue weighted by Crippen LogP contribution is 2.30. The zero-order chi connectivity index (χ0) is 16.2. The van der Waals surface area contributed by atoms with Crippen LogP contribution in [0.4, 0.5) is 0 Å². The van der Waals surface area contributed by atoms with Gasteiger partial charge in [-0.15, -0.1) is 0 Å². The number of esters is 1. The third kappa shape index (κ3) is 2.79. The van der Waals surface area contributed by atoms with Crippen LogP contribution in [0.25, 0.3) is 27.6 Å². The van der Waals surface area contributed by atoms with E-state index in [9.17, 15) is 10.1 Å². The summed E-state index contributed by atoms with van der Waals surface area (Å²) in [6.45, 7) is 1.97. The Bertz CT molecular complexity index is 910. The number of ether oxygens (including phenoxy) is 1. The monoisotopic (exact) mass is 301 g/mol. The van der Waals surface area contributed by atoms with Crippen LogP contribution in [0.3, 0.4) is 0 Å². The molecule has 3 heteroatoms. The summed E-state index contributed by atoms with van der Waals surface area (Å²) in [5.74, 6) is -0.591. The van der Waals surface area contributed by atoms with E-state index in [-0.39, 0.29) is 12.2 Å². The van der Waals surface area contributed by atoms with E-state index < -0.39 is 5.97 Å². The molecule has 3 aromatic carbocycles. The van der Waals surface area contributed by atoms with Crippen molar-refractivity contribution in [2.75, 3.05) is 6.61 Å². The third-order valence-electron chi connectivity index (χ3n) is 3.72. The number of benzene rings is 3. The van der Waals surface area contributed by atoms with Gasteiger partial charge in [-0.25, -0.2) is 4.79 Å². The fraction of sp³-hybridized carbons (Fsp3) is 0.100. The van der Waals surface area contributed by atoms with Gasteiger partial charge in [-0.2, -0.15) is 5.26 Å². The maximum atomic E-state index is 11.9. The molecule has 0 aliphatic rings. The van der Waals surface area contributed by atoms with Crippen molar-refractivity contribution < 1.29 is 9.53 Å². The van der Waals surface area contributed by atoms with Gasteiger partial charge in [0.2, 0.25) is 0 Å². The maximum Gasteiger partial charge on any atom is 0.348 e. The number of carbonyl (C=O) groups is 1. The highest BCUT2D eigenvalue weighted by Gasteiger charge is 2.12. The molecular formula is C20H15NO2. The Morgan fingerprint density at radius 2 is 1.65 bits per heavy atom. The predicted molar refractivity (Wildman–Crippen MR) is 91.7 cm³/mol. The van der Waals surface area contributed by atoms with E-state index in [2.05, 4.69) is 6.07 Å². The first-order chi connectivity index (χ1) is 11.2. The molecule has 0 fully saturated rings. The van der Waals surface area contributed by atoms with Crippen LogP contribution in [0.15, 0.2) is 60.2 Å². The van der Waals surface area contributed by atoms with E-state index >= 15 is 0 Å². The molecule has 0 heterocycles. The summed E-state index contributed by atoms with van der Waals surface area (Å²) < 4.78 is 4.96. The minimum absolute atomic E-state index is 0.00774. The lowest BCUT2D eigenvalue weighted by Crippen LogP contribution is -2.06. The van der Waals surface area contributed by atoms with Gasteiger partial charge in [-0.05, 0) is 46.2 Å². The maximum absolute atomic E-state index is 11.9. The summed E-state index contributed by atoms with van der Waals surface area (Å²) in [5, 5.41) is 13.5. The van der Waals surface area contributed by atoms with Crippen molar-refractivity contribution in [1.82, 2.24) is 0 Å². The van der Waals surface area contributed by atoms with Crippen LogP contribution in [-0.2, 0) is 9.53 Å². The van der Waals surface area contributed by atoms with Crippen molar-refractivity contribution >= 4 is 33.6 Å². The molecule has 0 aliphatic heterocycles. The molecule has 0 saturated carbocycles. The summed E-state index contributed by atoms with van der Waals surface area (Å²) in [7, 11) is 0. The molecule has 0 amide bonds. The van der Waals surface area contributed by atoms with E-state index in [1.54, 1.807) is 13.0 Å². The topological polar surface area (TPSA) is 50.1 Å². The molecule has 0 radical (unpaired) electrons. The van der Waals surface area contributed by atoms with Crippen LogP contribution < -0.4 is 0 Å². The Morgan fingerprint density at radius 3 is 2.17 bits per heavy atom. The molecule has 0 unspecified atom stereocenters. The van der Waals surface area contributed by atoms with Gasteiger partial charge in [0.25, 0.3) is 0 Å². The first-order valence-corrected chi connectivity index (χ1v) is 7.44. The number of nitrogens with zero attached hydrogens (tertiary/aromatic N) is 1. The molecule has 112 valence electrons. The minimum Gasteiger partial charge on any atom is -0.462 e. The molecule has 3 aromatic rings. The van der Waals surface area contributed by atoms with Gasteiger partial charge >= 0.3 is 5.97 Å². The number of rotatable bonds is 3. The zero-order valence-electron chi connectivity index (χ0n) is 12.7. The van der Waals surface area contributed by atoms with E-state index in [4.69, 9.17) is 4.74 Å². The molecular weight excluding hydrogens is 286 g/mol. The molecule has 0 spiro atoms. The van der Waals surface area contributed by atoms with Crippen molar-refractivity contribution in [2.45, 2.75) is 6.92 Å². The summed E-state index contributed by atoms with van der Waals surface area (Å²) in [6, 6.07) is 19.9. The Hall–Kier alpha value is -3.12. The van der Waals surface area contributed by atoms with Crippen molar-refractivity contribution in [3.63, 3.8) is 0 Å². The van der Waals surface area contributed by atoms with Gasteiger partial charge in [0.1, 0.15) is 11.6 Å². The summed E-state index contributed by atoms with van der Waals surface area (Å²) in [5.41, 5.74) is 0.872. The number of nitriles is 1. The number of hydrogen-bond donors (Lipinski definition) is 0. The molecule has 0 aliphatic carbocycles. The Morgan fingerprint density at radius 1 is 1.09 bits per heavy atom. The number of hydrogen-bond acceptors (Lipinski definition) is 3. The summed E-state index contributed by atoms with van der Waals surface area (Å²) in [6.07, 6.45) is 1.63. The molecule has 0 bridgehead atoms. The van der Waals surface area contributed by atoms with Crippen LogP contribution in [0.2, 0.25) is 0 Å². The van der Waals surface area contributed by atoms with E-state index in [1.165, 1.54) is 0 Å². The van der Waals surface area contributed by atoms with E-state index in [0.717, 1.165) is 27.1 Å². The Balaban J connectivity index is 2.33. The average Bonchev–Trinajstić information content (AvgIpc) is 2.58. The second-order valence-corrected chi connectivity index (χ2v) is 5.12. The highest BCUT2D eigenvalue weighted by atomic mass is 16.5. The second kappa shape index (κ2) is 6.33. The quantitative estimate of drug-likeness (QED) is 0.310. The lowest BCUT2D eigenvalue weighted by molar-refractivity contribution is -0.137. The average molecular weight is 301 g/mol. The molecule has 23 heavy (non-hydrogen) atoms. The van der Waals surface area contributed by atoms with Gasteiger partial charge in [0.05, 0.1) is 6.61 Å². The number of fused-ring (bicyclic) bond motifs is 2. The molecule has 0 atom stereocenters. The van der Waals surface area contributed by atoms with Gasteiger partial charge in [0.15, 0.2) is 0 Å². The molecule has 0 aromatic heterocycles. The first kappa shape index (κ1) is 14.8. The molecule has 0 saturated heterocycles. The van der Waals surface area contributed by atoms with Crippen LogP contribution in [0.1, 0.15) is 12.5 Å². The molecule has 0 N–H and O–H groups in total. The smallest absolute Gasteiger partial charge is 0.348 e. The van der Waals surface area contributed by atoms with E-state index in [0.29, 0.717) is 0 Å². The molecule has 3 rings (SSSR count). The lowest BCUT2D eigenvalue weighted by atomic mass is 9.95. The van der Waals surface area contributed by atoms with Gasteiger partial charge < -0.3 is 4.74 Å². The lowest BCUT2D eigenvalue weighted by Gasteiger charge is -2.09. The SMILES string of the molecule is CCOC(=O)/C(C#N)=C/c1c2ccccc2cc2ccccc12. The molecule has 3 nitrogen and oxygen atoms in total. The Kier molecular flexibility index (Phi) is 4.07. The van der Waals surface area contributed by atoms with E-state index in [1.807, 2.05) is 54.6 Å². The standard InChI is InChI=1S/C20H15NO2/c1-2-23-20(22)16(13-21)12-19-17-9-5-3-7-14(17)11-15-8-4-6-10-18(15)19/h3-12H,2H2,1H3/b16-12+. The minimum atomic E-state index is -0.591. The van der Waals surface area contributed by atoms with Crippen molar-refractivity contribution in [2.24, 2.45) is 0 Å². The van der Waals surface area contributed by atoms with Gasteiger partial charge in [-0.3, -0.25) is 0 Å². The zero-order valence-corrected chi connectivity index (χ0v) is 12.7. The normalized spacial score (nSPS) is 11.4. The predicted octanol–water partition coefficient (Wildman–Crippen LogP) is 4.46. The van der Waals surface area contributed by atoms with Gasteiger partial charge in [-0.1, -0.05) is 48.5 Å². The highest BCUT2D eigenvalue weighted by molar-refractivity contribution is 6.10. The van der Waals surface area contributed by atoms with Crippen molar-refractivity contribution in [3.8, 4) is 6.07 Å². The summed E-state index contributed by atoms with van der Waals surface area (Å²) in [4.78, 5) is 11.9. The van der Waals surface area contributed by atoms with Gasteiger partial charge in [0, 0.05) is 0 Å². The van der Waals surface area contributed by atoms with Crippen molar-refractivity contribution in [1.29, 1.82) is 5.26 Å².